The second-order valence-electron chi connectivity index (χ2n) is 9.06. The normalized spacial score (nSPS) is 18.5. The molecule has 0 aromatic heterocycles. The van der Waals surface area contributed by atoms with E-state index in [9.17, 15) is 9.59 Å². The van der Waals surface area contributed by atoms with Gasteiger partial charge in [-0.3, -0.25) is 9.59 Å². The molecule has 164 valence electrons. The third-order valence-electron chi connectivity index (χ3n) is 6.34. The van der Waals surface area contributed by atoms with E-state index in [1.807, 2.05) is 69.3 Å². The molecule has 1 aliphatic carbocycles. The van der Waals surface area contributed by atoms with Gasteiger partial charge in [0.15, 0.2) is 0 Å². The van der Waals surface area contributed by atoms with Crippen LogP contribution in [0.25, 0.3) is 0 Å². The highest BCUT2D eigenvalue weighted by Crippen LogP contribution is 2.35. The molecule has 4 heteroatoms. The lowest BCUT2D eigenvalue weighted by molar-refractivity contribution is -0.167. The SMILES string of the molecule is CC1=CCC(C(C)(C)OC(=O)C(C)[C@@H](NC(=O)c2ccccc2)c2ccccc2)CC1. The van der Waals surface area contributed by atoms with Crippen LogP contribution in [-0.2, 0) is 9.53 Å². The summed E-state index contributed by atoms with van der Waals surface area (Å²) in [6, 6.07) is 18.2. The lowest BCUT2D eigenvalue weighted by Crippen LogP contribution is -2.42. The minimum atomic E-state index is -0.562. The third-order valence-corrected chi connectivity index (χ3v) is 6.34. The Bertz CT molecular complexity index is 918. The van der Waals surface area contributed by atoms with Crippen molar-refractivity contribution in [2.45, 2.75) is 58.6 Å². The Morgan fingerprint density at radius 2 is 1.65 bits per heavy atom. The fourth-order valence-electron chi connectivity index (χ4n) is 4.14. The highest BCUT2D eigenvalue weighted by Gasteiger charge is 2.37. The number of hydrogen-bond acceptors (Lipinski definition) is 3. The van der Waals surface area contributed by atoms with Crippen molar-refractivity contribution in [3.63, 3.8) is 0 Å². The zero-order valence-electron chi connectivity index (χ0n) is 18.9. The Balaban J connectivity index is 1.76. The largest absolute Gasteiger partial charge is 0.459 e. The Hall–Kier alpha value is -2.88. The lowest BCUT2D eigenvalue weighted by Gasteiger charge is -2.37. The van der Waals surface area contributed by atoms with Crippen LogP contribution in [0.1, 0.15) is 68.9 Å². The van der Waals surface area contributed by atoms with Gasteiger partial charge >= 0.3 is 5.97 Å². The van der Waals surface area contributed by atoms with Gasteiger partial charge in [0, 0.05) is 11.5 Å². The Morgan fingerprint density at radius 3 is 2.23 bits per heavy atom. The summed E-state index contributed by atoms with van der Waals surface area (Å²) < 4.78 is 6.04. The molecule has 0 bridgehead atoms. The second kappa shape index (κ2) is 9.95. The first kappa shape index (κ1) is 22.8. The predicted octanol–water partition coefficient (Wildman–Crippen LogP) is 5.86. The van der Waals surface area contributed by atoms with Crippen molar-refractivity contribution in [1.29, 1.82) is 0 Å². The van der Waals surface area contributed by atoms with E-state index >= 15 is 0 Å². The first-order chi connectivity index (χ1) is 14.8. The smallest absolute Gasteiger partial charge is 0.311 e. The number of carbonyl (C=O) groups excluding carboxylic acids is 2. The van der Waals surface area contributed by atoms with Gasteiger partial charge in [-0.15, -0.1) is 0 Å². The van der Waals surface area contributed by atoms with Crippen LogP contribution in [0.2, 0.25) is 0 Å². The number of hydrogen-bond donors (Lipinski definition) is 1. The summed E-state index contributed by atoms with van der Waals surface area (Å²) in [4.78, 5) is 26.1. The number of carbonyl (C=O) groups is 2. The van der Waals surface area contributed by atoms with E-state index in [4.69, 9.17) is 4.74 Å². The molecule has 0 spiro atoms. The van der Waals surface area contributed by atoms with E-state index in [0.717, 1.165) is 24.8 Å². The maximum absolute atomic E-state index is 13.2. The molecule has 0 saturated carbocycles. The van der Waals surface area contributed by atoms with Crippen molar-refractivity contribution in [1.82, 2.24) is 5.32 Å². The summed E-state index contributed by atoms with van der Waals surface area (Å²) in [5.74, 6) is -0.739. The van der Waals surface area contributed by atoms with Gasteiger partial charge in [-0.05, 0) is 64.7 Å². The summed E-state index contributed by atoms with van der Waals surface area (Å²) in [6.45, 7) is 7.97. The average molecular weight is 420 g/mol. The van der Waals surface area contributed by atoms with Crippen molar-refractivity contribution in [2.24, 2.45) is 11.8 Å². The summed E-state index contributed by atoms with van der Waals surface area (Å²) in [5.41, 5.74) is 2.28. The standard InChI is InChI=1S/C27H33NO3/c1-19-15-17-23(18-16-19)27(3,4)31-26(30)20(2)24(21-11-7-5-8-12-21)28-25(29)22-13-9-6-10-14-22/h5-15,20,23-24H,16-18H2,1-4H3,(H,28,29)/t20?,23?,24-/m1/s1. The Morgan fingerprint density at radius 1 is 1.03 bits per heavy atom. The minimum absolute atomic E-state index is 0.207. The molecule has 1 amide bonds. The highest BCUT2D eigenvalue weighted by atomic mass is 16.6. The number of benzene rings is 2. The van der Waals surface area contributed by atoms with Gasteiger partial charge in [0.2, 0.25) is 0 Å². The van der Waals surface area contributed by atoms with Gasteiger partial charge in [0.1, 0.15) is 5.60 Å². The van der Waals surface area contributed by atoms with Crippen molar-refractivity contribution in [3.05, 3.63) is 83.4 Å². The van der Waals surface area contributed by atoms with Gasteiger partial charge in [-0.25, -0.2) is 0 Å². The van der Waals surface area contributed by atoms with Gasteiger partial charge in [-0.1, -0.05) is 60.2 Å². The molecule has 31 heavy (non-hydrogen) atoms. The van der Waals surface area contributed by atoms with E-state index in [1.54, 1.807) is 12.1 Å². The van der Waals surface area contributed by atoms with Crippen LogP contribution in [0, 0.1) is 11.8 Å². The molecule has 0 fully saturated rings. The monoisotopic (exact) mass is 419 g/mol. The Kier molecular flexibility index (Phi) is 7.32. The molecule has 3 atom stereocenters. The zero-order chi connectivity index (χ0) is 22.4. The molecule has 0 saturated heterocycles. The van der Waals surface area contributed by atoms with E-state index in [2.05, 4.69) is 18.3 Å². The van der Waals surface area contributed by atoms with Crippen LogP contribution in [0.4, 0.5) is 0 Å². The van der Waals surface area contributed by atoms with Crippen molar-refractivity contribution < 1.29 is 14.3 Å². The minimum Gasteiger partial charge on any atom is -0.459 e. The molecule has 2 aromatic carbocycles. The Labute approximate surface area is 185 Å². The summed E-state index contributed by atoms with van der Waals surface area (Å²) in [6.07, 6.45) is 5.23. The van der Waals surface area contributed by atoms with E-state index in [-0.39, 0.29) is 11.9 Å². The maximum atomic E-state index is 13.2. The van der Waals surface area contributed by atoms with E-state index < -0.39 is 17.6 Å². The van der Waals surface area contributed by atoms with Crippen molar-refractivity contribution >= 4 is 11.9 Å². The molecule has 0 aliphatic heterocycles. The number of nitrogens with one attached hydrogen (secondary N) is 1. The molecule has 1 aliphatic rings. The van der Waals surface area contributed by atoms with E-state index in [1.165, 1.54) is 5.57 Å². The predicted molar refractivity (Wildman–Crippen MR) is 124 cm³/mol. The second-order valence-corrected chi connectivity index (χ2v) is 9.06. The number of ether oxygens (including phenoxy) is 1. The number of rotatable bonds is 7. The van der Waals surface area contributed by atoms with Crippen LogP contribution < -0.4 is 5.32 Å². The molecule has 2 aromatic rings. The van der Waals surface area contributed by atoms with Crippen LogP contribution in [0.3, 0.4) is 0 Å². The quantitative estimate of drug-likeness (QED) is 0.452. The van der Waals surface area contributed by atoms with Crippen molar-refractivity contribution in [2.75, 3.05) is 0 Å². The van der Waals surface area contributed by atoms with Crippen LogP contribution in [0.5, 0.6) is 0 Å². The summed E-state index contributed by atoms with van der Waals surface area (Å²) in [5, 5.41) is 3.05. The van der Waals surface area contributed by atoms with Crippen LogP contribution in [0.15, 0.2) is 72.3 Å². The fraction of sp³-hybridized carbons (Fsp3) is 0.407. The molecular weight excluding hydrogens is 386 g/mol. The molecular formula is C27H33NO3. The van der Waals surface area contributed by atoms with E-state index in [0.29, 0.717) is 11.5 Å². The highest BCUT2D eigenvalue weighted by molar-refractivity contribution is 5.94. The fourth-order valence-corrected chi connectivity index (χ4v) is 4.14. The average Bonchev–Trinajstić information content (AvgIpc) is 2.78. The number of esters is 1. The molecule has 4 nitrogen and oxygen atoms in total. The maximum Gasteiger partial charge on any atom is 0.311 e. The van der Waals surface area contributed by atoms with Crippen molar-refractivity contribution in [3.8, 4) is 0 Å². The lowest BCUT2D eigenvalue weighted by atomic mass is 9.79. The van der Waals surface area contributed by atoms with Gasteiger partial charge in [-0.2, -0.15) is 0 Å². The molecule has 3 rings (SSSR count). The summed E-state index contributed by atoms with van der Waals surface area (Å²) in [7, 11) is 0. The van der Waals surface area contributed by atoms with Gasteiger partial charge < -0.3 is 10.1 Å². The first-order valence-corrected chi connectivity index (χ1v) is 11.1. The molecule has 0 radical (unpaired) electrons. The van der Waals surface area contributed by atoms with Gasteiger partial charge in [0.05, 0.1) is 12.0 Å². The number of allylic oxidation sites excluding steroid dienone is 2. The molecule has 0 heterocycles. The third kappa shape index (κ3) is 5.84. The first-order valence-electron chi connectivity index (χ1n) is 11.1. The summed E-state index contributed by atoms with van der Waals surface area (Å²) >= 11 is 0. The topological polar surface area (TPSA) is 55.4 Å². The zero-order valence-corrected chi connectivity index (χ0v) is 18.9. The number of amides is 1. The molecule has 2 unspecified atom stereocenters. The van der Waals surface area contributed by atoms with Crippen LogP contribution in [-0.4, -0.2) is 17.5 Å². The van der Waals surface area contributed by atoms with Gasteiger partial charge in [0.25, 0.3) is 5.91 Å². The van der Waals surface area contributed by atoms with Crippen LogP contribution >= 0.6 is 0 Å². The molecule has 1 N–H and O–H groups in total.